The number of carbonyl (C=O) groups excluding carboxylic acids is 5. The van der Waals surface area contributed by atoms with E-state index in [0.717, 1.165) is 124 Å². The number of anilines is 1. The van der Waals surface area contributed by atoms with Crippen LogP contribution in [0.3, 0.4) is 0 Å². The van der Waals surface area contributed by atoms with Crippen molar-refractivity contribution in [1.82, 2.24) is 9.80 Å². The second kappa shape index (κ2) is 38.3. The molecule has 5 saturated carbocycles. The molecule has 19 nitrogen and oxygen atoms in total. The molecule has 19 rings (SSSR count). The SMILES string of the molecule is C=CC(=O)N1CCC=C(B2OC(C)(C)C(C)(C)O2)C1.C=CC(=O)N1CCC=C(c2ccc(C(N)=O)c3c2C2=C(CCC4(CC4)C2)C3)C1.NC(=O)c1ccc(Br)c2c1CC1=C2CC2(CC1)CC2.NCc1cc(Br)ccc1C(=O)O.Nc1cc(Br)ccc1C(=O)O.O=C(O)c1ccc(Br)c2c1CC1=C2CC2(CC1)CC2.O=C1CCC2(CC1)CC2.[Cl][Zn][Cl]. The predicted molar refractivity (Wildman–Crippen MR) is 483 cm³/mol. The number of amides is 4. The summed E-state index contributed by atoms with van der Waals surface area (Å²) in [6.07, 6.45) is 37.4. The van der Waals surface area contributed by atoms with Crippen LogP contribution in [0.2, 0.25) is 0 Å². The average Bonchev–Trinajstić information content (AvgIpc) is 1.59. The first kappa shape index (κ1) is 92.3. The Labute approximate surface area is 752 Å². The molecule has 5 aromatic carbocycles. The standard InChI is InChI=1S/C24H26N2O2.C16H16BrNO.C16H15BrO2.C14H22BNO3.C8H8BrNO2.C8H12O.C7H6BrNO2.2ClH.Zn/c1-2-21(27)26-11-3-4-16(14-26)17-5-6-18(23(25)28)19-12-15-7-8-24(9-10-24)13-20(15)22(17)19;2*17-13-2-1-10(15(18)19)11-7-9-3-4-16(5-6-16)8-12(9)14(11)13;1-6-12(17)16-9-7-8-11(10-16)15-18-13(2,3)14(4,5)19-15;9-6-1-2-7(8(11)12)5(3-6)4-10;9-7-1-3-8(4-2-7)5-6-8;8-4-1-2-5(7(10)11)6(9)3-4;;;/h2,4-6H,1,3,7-14H2,(H2,25,28);1-2H,3-8H2,(H2,18,19);1-2H,3-8H2,(H,18,19);6,8H,1,7,9-10H2,2-5H3;1-3H,4,10H2,(H,11,12);1-6H2;1-3H,9H2,(H,10,11);2*1H;/q;;;;;;;;;+2/p-2. The second-order valence-electron chi connectivity index (χ2n) is 35.3. The maximum atomic E-state index is 12.2. The molecule has 0 unspecified atom stereocenters. The number of carboxylic acids is 3. The van der Waals surface area contributed by atoms with E-state index in [0.29, 0.717) is 62.8 Å². The Bertz CT molecular complexity index is 5030. The van der Waals surface area contributed by atoms with E-state index < -0.39 is 33.1 Å². The average molecular weight is 1980 g/mol. The molecule has 1 saturated heterocycles. The second-order valence-corrected chi connectivity index (χ2v) is 43.5. The van der Waals surface area contributed by atoms with E-state index in [2.05, 4.69) is 95.1 Å². The number of hydrogen-bond acceptors (Lipinski definition) is 12. The van der Waals surface area contributed by atoms with E-state index in [4.69, 9.17) is 61.8 Å². The number of halogens is 6. The molecule has 3 heterocycles. The van der Waals surface area contributed by atoms with E-state index in [1.807, 2.05) is 56.9 Å². The molecule has 0 aromatic heterocycles. The monoisotopic (exact) mass is 1970 g/mol. The zero-order chi connectivity index (χ0) is 86.7. The van der Waals surface area contributed by atoms with Gasteiger partial charge in [-0.2, -0.15) is 0 Å². The normalized spacial score (nSPS) is 20.4. The van der Waals surface area contributed by atoms with Crippen molar-refractivity contribution in [2.24, 2.45) is 38.9 Å². The van der Waals surface area contributed by atoms with Crippen LogP contribution in [-0.2, 0) is 64.6 Å². The molecule has 11 aliphatic carbocycles. The minimum atomic E-state index is -1.00. The number of nitrogens with two attached hydrogens (primary N) is 4. The summed E-state index contributed by atoms with van der Waals surface area (Å²) in [6.45, 7) is 18.1. The fourth-order valence-electron chi connectivity index (χ4n) is 18.6. The number of hydrogen-bond donors (Lipinski definition) is 7. The Balaban J connectivity index is 0.000000131. The van der Waals surface area contributed by atoms with Gasteiger partial charge in [-0.05, 0) is 355 Å². The molecule has 14 aliphatic rings. The number of primary amides is 2. The Hall–Kier alpha value is -6.89. The van der Waals surface area contributed by atoms with Gasteiger partial charge in [0, 0.05) is 80.3 Å². The van der Waals surface area contributed by atoms with Crippen molar-refractivity contribution < 1.29 is 78.1 Å². The van der Waals surface area contributed by atoms with Gasteiger partial charge in [0.1, 0.15) is 5.78 Å². The van der Waals surface area contributed by atoms with Crippen LogP contribution in [0.1, 0.15) is 272 Å². The molecule has 0 radical (unpaired) electrons. The minimum absolute atomic E-state index is 0.0227. The van der Waals surface area contributed by atoms with Gasteiger partial charge < -0.3 is 57.4 Å². The predicted octanol–water partition coefficient (Wildman–Crippen LogP) is 20.7. The molecule has 120 heavy (non-hydrogen) atoms. The Kier molecular flexibility index (Phi) is 29.5. The molecule has 632 valence electrons. The van der Waals surface area contributed by atoms with E-state index in [1.165, 1.54) is 176 Å². The number of carbonyl (C=O) groups is 8. The van der Waals surface area contributed by atoms with Crippen LogP contribution >= 0.6 is 83.1 Å². The molecule has 0 atom stereocenters. The van der Waals surface area contributed by atoms with E-state index in [9.17, 15) is 43.5 Å². The van der Waals surface area contributed by atoms with Gasteiger partial charge in [0.05, 0.1) is 27.9 Å². The number of aromatic carboxylic acids is 3. The number of carboxylic acid groups (broad SMARTS) is 3. The fourth-order valence-corrected chi connectivity index (χ4v) is 20.6. The zero-order valence-electron chi connectivity index (χ0n) is 68.8. The number of allylic oxidation sites excluding steroid dienone is 6. The summed E-state index contributed by atoms with van der Waals surface area (Å²) in [5.41, 5.74) is 46.2. The first-order valence-corrected chi connectivity index (χ1v) is 52.4. The summed E-state index contributed by atoms with van der Waals surface area (Å²) in [5.74, 6) is -2.96. The summed E-state index contributed by atoms with van der Waals surface area (Å²) in [5, 5.41) is 26.6. The molecule has 5 aromatic rings. The van der Waals surface area contributed by atoms with E-state index in [-0.39, 0.29) is 65.3 Å². The van der Waals surface area contributed by atoms with Crippen LogP contribution < -0.4 is 22.9 Å². The van der Waals surface area contributed by atoms with Gasteiger partial charge in [-0.1, -0.05) is 112 Å². The van der Waals surface area contributed by atoms with Crippen molar-refractivity contribution in [2.45, 2.75) is 212 Å². The van der Waals surface area contributed by atoms with Crippen LogP contribution in [0.4, 0.5) is 5.69 Å². The first-order valence-electron chi connectivity index (χ1n) is 41.4. The fraction of sp³-hybridized carbons (Fsp3) is 0.441. The third-order valence-electron chi connectivity index (χ3n) is 27.1. The number of Topliss-reactive ketones (excluding diaryl/α,β-unsaturated/α-hetero) is 1. The number of ketones is 1. The van der Waals surface area contributed by atoms with Gasteiger partial charge in [0.2, 0.25) is 23.6 Å². The van der Waals surface area contributed by atoms with Gasteiger partial charge in [-0.25, -0.2) is 14.4 Å². The molecule has 4 amide bonds. The third-order valence-corrected chi connectivity index (χ3v) is 29.5. The van der Waals surface area contributed by atoms with Crippen molar-refractivity contribution in [3.8, 4) is 0 Å². The van der Waals surface area contributed by atoms with Crippen LogP contribution in [0.5, 0.6) is 0 Å². The quantitative estimate of drug-likeness (QED) is 0.0388. The summed E-state index contributed by atoms with van der Waals surface area (Å²) < 4.78 is 15.8. The van der Waals surface area contributed by atoms with Crippen LogP contribution in [0.15, 0.2) is 150 Å². The van der Waals surface area contributed by atoms with Gasteiger partial charge in [-0.15, -0.1) is 0 Å². The summed E-state index contributed by atoms with van der Waals surface area (Å²) >= 11 is 12.8. The molecular formula is C93H105BBr4Cl2N6O13Zn. The Morgan fingerprint density at radius 1 is 0.517 bits per heavy atom. The van der Waals surface area contributed by atoms with Crippen molar-refractivity contribution in [3.05, 3.63) is 223 Å². The van der Waals surface area contributed by atoms with Crippen molar-refractivity contribution >= 4 is 166 Å². The molecule has 4 spiro atoms. The number of nitrogens with zero attached hydrogens (tertiary/aromatic N) is 2. The summed E-state index contributed by atoms with van der Waals surface area (Å²) in [7, 11) is 9.55. The summed E-state index contributed by atoms with van der Waals surface area (Å²) in [6, 6.07) is 21.0. The number of fused-ring (bicyclic) bond motifs is 6. The van der Waals surface area contributed by atoms with Gasteiger partial charge >= 0.3 is 59.6 Å². The number of benzene rings is 5. The molecule has 6 fully saturated rings. The third kappa shape index (κ3) is 21.2. The van der Waals surface area contributed by atoms with E-state index in [1.54, 1.807) is 40.8 Å². The Morgan fingerprint density at radius 3 is 1.32 bits per heavy atom. The number of nitrogen functional groups attached to an aromatic ring is 1. The van der Waals surface area contributed by atoms with E-state index >= 15 is 0 Å². The van der Waals surface area contributed by atoms with Crippen molar-refractivity contribution in [3.63, 3.8) is 0 Å². The topological polar surface area (TPSA) is 326 Å². The zero-order valence-corrected chi connectivity index (χ0v) is 79.6. The number of rotatable bonds is 10. The molecule has 11 N–H and O–H groups in total. The van der Waals surface area contributed by atoms with Crippen LogP contribution in [0, 0.1) is 21.7 Å². The summed E-state index contributed by atoms with van der Waals surface area (Å²) in [4.78, 5) is 94.4. The van der Waals surface area contributed by atoms with Crippen molar-refractivity contribution in [2.75, 3.05) is 31.9 Å². The maximum absolute atomic E-state index is 12.2. The van der Waals surface area contributed by atoms with Gasteiger partial charge in [-0.3, -0.25) is 24.0 Å². The molecule has 27 heteroatoms. The van der Waals surface area contributed by atoms with Crippen LogP contribution in [-0.4, -0.2) is 117 Å². The first-order chi connectivity index (χ1) is 56.9. The molecule has 3 aliphatic heterocycles. The van der Waals surface area contributed by atoms with Crippen molar-refractivity contribution in [1.29, 1.82) is 0 Å². The molecular weight excluding hydrogens is 1880 g/mol. The van der Waals surface area contributed by atoms with Gasteiger partial charge in [0.25, 0.3) is 0 Å². The van der Waals surface area contributed by atoms with Gasteiger partial charge in [0.15, 0.2) is 0 Å². The van der Waals surface area contributed by atoms with Crippen LogP contribution in [0.25, 0.3) is 22.3 Å². The molecule has 0 bridgehead atoms. The Morgan fingerprint density at radius 2 is 0.900 bits per heavy atom.